The second-order valence-electron chi connectivity index (χ2n) is 7.10. The summed E-state index contributed by atoms with van der Waals surface area (Å²) in [4.78, 5) is 16.2. The Morgan fingerprint density at radius 1 is 1.17 bits per heavy atom. The van der Waals surface area contributed by atoms with Crippen molar-refractivity contribution in [2.45, 2.75) is 52.2 Å². The van der Waals surface area contributed by atoms with Crippen molar-refractivity contribution in [2.24, 2.45) is 0 Å². The Morgan fingerprint density at radius 2 is 1.97 bits per heavy atom. The van der Waals surface area contributed by atoms with Gasteiger partial charge in [-0.25, -0.2) is 9.67 Å². The van der Waals surface area contributed by atoms with E-state index >= 15 is 0 Å². The third kappa shape index (κ3) is 6.03. The quantitative estimate of drug-likeness (QED) is 0.351. The monoisotopic (exact) mass is 446 g/mol. The number of hydrogen-bond donors (Lipinski definition) is 1. The maximum Gasteiger partial charge on any atom is 0.221 e. The van der Waals surface area contributed by atoms with Crippen molar-refractivity contribution < 1.29 is 4.79 Å². The molecule has 0 saturated heterocycles. The van der Waals surface area contributed by atoms with Crippen LogP contribution >= 0.6 is 23.8 Å². The third-order valence-corrected chi connectivity index (χ3v) is 5.47. The van der Waals surface area contributed by atoms with Crippen LogP contribution in [0.1, 0.15) is 32.6 Å². The summed E-state index contributed by atoms with van der Waals surface area (Å²) in [6.07, 6.45) is 8.71. The largest absolute Gasteiger partial charge is 0.356 e. The molecule has 7 nitrogen and oxygen atoms in total. The first kappa shape index (κ1) is 22.2. The number of carbonyl (C=O) groups is 1. The summed E-state index contributed by atoms with van der Waals surface area (Å²) in [6.45, 7) is 4.85. The van der Waals surface area contributed by atoms with Crippen molar-refractivity contribution in [1.29, 1.82) is 0 Å². The van der Waals surface area contributed by atoms with E-state index in [-0.39, 0.29) is 5.91 Å². The van der Waals surface area contributed by atoms with Crippen LogP contribution in [0.4, 0.5) is 0 Å². The van der Waals surface area contributed by atoms with E-state index in [0.29, 0.717) is 29.3 Å². The number of halogens is 1. The number of nitrogens with one attached hydrogen (secondary N) is 1. The van der Waals surface area contributed by atoms with E-state index in [0.717, 1.165) is 43.7 Å². The first-order valence-corrected chi connectivity index (χ1v) is 11.0. The average molecular weight is 447 g/mol. The molecule has 0 fully saturated rings. The zero-order chi connectivity index (χ0) is 21.3. The fourth-order valence-corrected chi connectivity index (χ4v) is 3.56. The number of nitrogens with zero attached hydrogens (tertiary/aromatic N) is 5. The Morgan fingerprint density at radius 3 is 2.67 bits per heavy atom. The molecule has 0 aliphatic heterocycles. The summed E-state index contributed by atoms with van der Waals surface area (Å²) in [5.41, 5.74) is 0.962. The molecular weight excluding hydrogens is 420 g/mol. The summed E-state index contributed by atoms with van der Waals surface area (Å²) >= 11 is 11.7. The van der Waals surface area contributed by atoms with Gasteiger partial charge in [-0.05, 0) is 49.3 Å². The first-order valence-electron chi connectivity index (χ1n) is 10.2. The lowest BCUT2D eigenvalue weighted by Gasteiger charge is -2.06. The van der Waals surface area contributed by atoms with E-state index in [2.05, 4.69) is 17.2 Å². The Balaban J connectivity index is 1.60. The fourth-order valence-electron chi connectivity index (χ4n) is 3.12. The smallest absolute Gasteiger partial charge is 0.221 e. The standard InChI is InChI=1S/C21H27ClN6OS/c1-2-3-13-27-20(17-5-7-18(22)8-6-17)25-28(21(27)30)14-9-19(29)24-10-4-12-26-15-11-23-16-26/h5-8,11,15-16H,2-4,9-10,12-14H2,1H3,(H,24,29). The van der Waals surface area contributed by atoms with Crippen LogP contribution in [0.15, 0.2) is 43.0 Å². The molecule has 0 aliphatic rings. The van der Waals surface area contributed by atoms with E-state index in [9.17, 15) is 4.79 Å². The molecule has 9 heteroatoms. The summed E-state index contributed by atoms with van der Waals surface area (Å²) in [5, 5.41) is 8.35. The molecule has 0 unspecified atom stereocenters. The lowest BCUT2D eigenvalue weighted by atomic mass is 10.2. The average Bonchev–Trinajstić information content (AvgIpc) is 3.37. The highest BCUT2D eigenvalue weighted by Crippen LogP contribution is 2.21. The summed E-state index contributed by atoms with van der Waals surface area (Å²) in [6, 6.07) is 7.58. The van der Waals surface area contributed by atoms with Crippen LogP contribution in [0.25, 0.3) is 11.4 Å². The molecule has 0 atom stereocenters. The van der Waals surface area contributed by atoms with Gasteiger partial charge in [0.1, 0.15) is 0 Å². The molecule has 1 N–H and O–H groups in total. The van der Waals surface area contributed by atoms with Gasteiger partial charge in [0.25, 0.3) is 0 Å². The highest BCUT2D eigenvalue weighted by molar-refractivity contribution is 7.71. The zero-order valence-electron chi connectivity index (χ0n) is 17.1. The van der Waals surface area contributed by atoms with Crippen LogP contribution in [0.5, 0.6) is 0 Å². The second kappa shape index (κ2) is 11.1. The maximum absolute atomic E-state index is 12.2. The lowest BCUT2D eigenvalue weighted by molar-refractivity contribution is -0.121. The number of carbonyl (C=O) groups excluding carboxylic acids is 1. The van der Waals surface area contributed by atoms with Crippen molar-refractivity contribution in [3.63, 3.8) is 0 Å². The van der Waals surface area contributed by atoms with Crippen LogP contribution in [-0.4, -0.2) is 36.4 Å². The van der Waals surface area contributed by atoms with E-state index in [1.165, 1.54) is 0 Å². The minimum atomic E-state index is -0.00122. The highest BCUT2D eigenvalue weighted by atomic mass is 35.5. The van der Waals surface area contributed by atoms with Gasteiger partial charge in [0.2, 0.25) is 5.91 Å². The van der Waals surface area contributed by atoms with Crippen molar-refractivity contribution in [3.8, 4) is 11.4 Å². The van der Waals surface area contributed by atoms with Crippen molar-refractivity contribution in [2.75, 3.05) is 6.54 Å². The summed E-state index contributed by atoms with van der Waals surface area (Å²) in [7, 11) is 0. The normalized spacial score (nSPS) is 11.0. The Kier molecular flexibility index (Phi) is 8.21. The SMILES string of the molecule is CCCCn1c(-c2ccc(Cl)cc2)nn(CCC(=O)NCCCn2ccnc2)c1=S. The highest BCUT2D eigenvalue weighted by Gasteiger charge is 2.13. The minimum Gasteiger partial charge on any atom is -0.356 e. The lowest BCUT2D eigenvalue weighted by Crippen LogP contribution is -2.26. The number of unbranched alkanes of at least 4 members (excludes halogenated alkanes) is 1. The number of imidazole rings is 1. The van der Waals surface area contributed by atoms with Crippen LogP contribution in [0, 0.1) is 4.77 Å². The number of benzene rings is 1. The minimum absolute atomic E-state index is 0.00122. The van der Waals surface area contributed by atoms with Gasteiger partial charge >= 0.3 is 0 Å². The van der Waals surface area contributed by atoms with Gasteiger partial charge in [-0.15, -0.1) is 0 Å². The predicted molar refractivity (Wildman–Crippen MR) is 121 cm³/mol. The Bertz CT molecular complexity index is 994. The predicted octanol–water partition coefficient (Wildman–Crippen LogP) is 4.33. The Hall–Kier alpha value is -2.45. The molecule has 3 rings (SSSR count). The molecule has 1 aromatic carbocycles. The number of aryl methyl sites for hydroxylation is 2. The molecule has 30 heavy (non-hydrogen) atoms. The summed E-state index contributed by atoms with van der Waals surface area (Å²) in [5.74, 6) is 0.810. The van der Waals surface area contributed by atoms with Crippen molar-refractivity contribution >= 4 is 29.7 Å². The van der Waals surface area contributed by atoms with Crippen molar-refractivity contribution in [1.82, 2.24) is 29.2 Å². The third-order valence-electron chi connectivity index (χ3n) is 4.79. The van der Waals surface area contributed by atoms with Crippen molar-refractivity contribution in [3.05, 3.63) is 52.8 Å². The van der Waals surface area contributed by atoms with Gasteiger partial charge in [0, 0.05) is 49.0 Å². The van der Waals surface area contributed by atoms with Gasteiger partial charge in [-0.3, -0.25) is 9.36 Å². The zero-order valence-corrected chi connectivity index (χ0v) is 18.7. The molecule has 2 heterocycles. The molecule has 0 spiro atoms. The first-order chi connectivity index (χ1) is 14.6. The van der Waals surface area contributed by atoms with Crippen LogP contribution in [0.3, 0.4) is 0 Å². The number of amides is 1. The number of aromatic nitrogens is 5. The molecule has 1 amide bonds. The molecule has 3 aromatic rings. The van der Waals surface area contributed by atoms with Crippen LogP contribution < -0.4 is 5.32 Å². The van der Waals surface area contributed by atoms with E-state index < -0.39 is 0 Å². The molecular formula is C21H27ClN6OS. The number of rotatable bonds is 11. The molecule has 0 aliphatic carbocycles. The van der Waals surface area contributed by atoms with Gasteiger partial charge in [-0.2, -0.15) is 5.10 Å². The second-order valence-corrected chi connectivity index (χ2v) is 7.90. The fraction of sp³-hybridized carbons (Fsp3) is 0.429. The molecule has 0 bridgehead atoms. The van der Waals surface area contributed by atoms with E-state index in [4.69, 9.17) is 28.9 Å². The molecule has 2 aromatic heterocycles. The van der Waals surface area contributed by atoms with Gasteiger partial charge < -0.3 is 9.88 Å². The van der Waals surface area contributed by atoms with E-state index in [1.807, 2.05) is 39.6 Å². The Labute approximate surface area is 186 Å². The summed E-state index contributed by atoms with van der Waals surface area (Å²) < 4.78 is 6.43. The van der Waals surface area contributed by atoms with Crippen LogP contribution in [0.2, 0.25) is 5.02 Å². The van der Waals surface area contributed by atoms with Gasteiger partial charge in [-0.1, -0.05) is 24.9 Å². The van der Waals surface area contributed by atoms with E-state index in [1.54, 1.807) is 17.2 Å². The topological polar surface area (TPSA) is 69.7 Å². The molecule has 160 valence electrons. The molecule has 0 radical (unpaired) electrons. The van der Waals surface area contributed by atoms with Gasteiger partial charge in [0.05, 0.1) is 12.9 Å². The van der Waals surface area contributed by atoms with Crippen LogP contribution in [-0.2, 0) is 24.4 Å². The van der Waals surface area contributed by atoms with Gasteiger partial charge in [0.15, 0.2) is 10.6 Å². The maximum atomic E-state index is 12.2. The number of hydrogen-bond acceptors (Lipinski definition) is 4. The molecule has 0 saturated carbocycles.